The van der Waals surface area contributed by atoms with Gasteiger partial charge in [0.1, 0.15) is 0 Å². The van der Waals surface area contributed by atoms with Crippen molar-refractivity contribution >= 4 is 10.1 Å². The van der Waals surface area contributed by atoms with Gasteiger partial charge < -0.3 is 9.47 Å². The van der Waals surface area contributed by atoms with Gasteiger partial charge in [-0.25, -0.2) is 0 Å². The van der Waals surface area contributed by atoms with E-state index in [1.54, 1.807) is 12.1 Å². The van der Waals surface area contributed by atoms with Gasteiger partial charge >= 0.3 is 0 Å². The highest BCUT2D eigenvalue weighted by atomic mass is 32.2. The average Bonchev–Trinajstić information content (AvgIpc) is 3.37. The van der Waals surface area contributed by atoms with E-state index in [1.807, 2.05) is 19.1 Å². The van der Waals surface area contributed by atoms with E-state index in [-0.39, 0.29) is 27.6 Å². The highest BCUT2D eigenvalue weighted by Crippen LogP contribution is 2.68. The number of aryl methyl sites for hydroxylation is 1. The third-order valence-corrected chi connectivity index (χ3v) is 12.2. The highest BCUT2D eigenvalue weighted by Gasteiger charge is 2.63. The average molecular weight is 489 g/mol. The molecule has 1 saturated heterocycles. The standard InChI is InChI=1S/C28H40O5S/c1-19-4-7-21(8-5-19)34(29,30)33-25-11-10-23-22-9-6-20-12-15-28(31-16-17-32-28)18-27(20,3)24(22)13-14-26(23,25)2/h4-5,7-8,20,22-25H,6,9-18H2,1-3H3/t20-,22-,23-,24-,25+,26-,27-/m0/s1. The molecule has 4 saturated carbocycles. The molecule has 6 heteroatoms. The van der Waals surface area contributed by atoms with Crippen LogP contribution in [0.2, 0.25) is 0 Å². The molecule has 0 aromatic heterocycles. The lowest BCUT2D eigenvalue weighted by atomic mass is 9.44. The van der Waals surface area contributed by atoms with Crippen LogP contribution in [0, 0.1) is 41.4 Å². The number of rotatable bonds is 3. The largest absolute Gasteiger partial charge is 0.348 e. The fourth-order valence-corrected chi connectivity index (χ4v) is 10.3. The van der Waals surface area contributed by atoms with Crippen LogP contribution in [0.15, 0.2) is 29.2 Å². The molecular formula is C28H40O5S. The molecule has 5 aliphatic rings. The Labute approximate surface area is 205 Å². The number of ether oxygens (including phenoxy) is 2. The van der Waals surface area contributed by atoms with Gasteiger partial charge in [-0.05, 0) is 98.5 Å². The topological polar surface area (TPSA) is 61.8 Å². The van der Waals surface area contributed by atoms with Gasteiger partial charge in [-0.1, -0.05) is 31.5 Å². The first kappa shape index (κ1) is 23.4. The summed E-state index contributed by atoms with van der Waals surface area (Å²) in [5.74, 6) is 2.25. The zero-order valence-electron chi connectivity index (χ0n) is 20.9. The summed E-state index contributed by atoms with van der Waals surface area (Å²) in [6.07, 6.45) is 9.73. The van der Waals surface area contributed by atoms with Crippen LogP contribution in [-0.2, 0) is 23.8 Å². The monoisotopic (exact) mass is 488 g/mol. The smallest absolute Gasteiger partial charge is 0.297 e. The summed E-state index contributed by atoms with van der Waals surface area (Å²) in [6, 6.07) is 7.03. The second kappa shape index (κ2) is 8.03. The minimum Gasteiger partial charge on any atom is -0.348 e. The van der Waals surface area contributed by atoms with Crippen molar-refractivity contribution in [1.29, 1.82) is 0 Å². The predicted octanol–water partition coefficient (Wildman–Crippen LogP) is 5.85. The quantitative estimate of drug-likeness (QED) is 0.499. The van der Waals surface area contributed by atoms with Gasteiger partial charge in [0.05, 0.1) is 24.2 Å². The van der Waals surface area contributed by atoms with Crippen LogP contribution in [-0.4, -0.2) is 33.5 Å². The van der Waals surface area contributed by atoms with Crippen LogP contribution < -0.4 is 0 Å². The molecule has 7 atom stereocenters. The highest BCUT2D eigenvalue weighted by molar-refractivity contribution is 7.86. The second-order valence-corrected chi connectivity index (χ2v) is 14.0. The molecular weight excluding hydrogens is 448 g/mol. The lowest BCUT2D eigenvalue weighted by Crippen LogP contribution is -2.57. The molecule has 188 valence electrons. The minimum absolute atomic E-state index is 0.0746. The molecule has 1 spiro atoms. The van der Waals surface area contributed by atoms with Gasteiger partial charge in [0, 0.05) is 12.8 Å². The SMILES string of the molecule is Cc1ccc(S(=O)(=O)O[C@@H]2CC[C@H]3[C@@H]4CC[C@H]5CCC6(C[C@]5(C)[C@H]4CC[C@]23C)OCCO6)cc1. The van der Waals surface area contributed by atoms with Crippen molar-refractivity contribution in [3.63, 3.8) is 0 Å². The molecule has 0 unspecified atom stereocenters. The van der Waals surface area contributed by atoms with E-state index in [9.17, 15) is 8.42 Å². The van der Waals surface area contributed by atoms with Crippen LogP contribution in [0.1, 0.15) is 77.2 Å². The zero-order valence-corrected chi connectivity index (χ0v) is 21.7. The zero-order chi connectivity index (χ0) is 23.8. The first-order valence-corrected chi connectivity index (χ1v) is 14.8. The van der Waals surface area contributed by atoms with Crippen molar-refractivity contribution in [3.05, 3.63) is 29.8 Å². The fraction of sp³-hybridized carbons (Fsp3) is 0.786. The summed E-state index contributed by atoms with van der Waals surface area (Å²) in [7, 11) is -3.76. The molecule has 6 rings (SSSR count). The van der Waals surface area contributed by atoms with Crippen LogP contribution in [0.25, 0.3) is 0 Å². The molecule has 34 heavy (non-hydrogen) atoms. The molecule has 1 aromatic carbocycles. The third-order valence-electron chi connectivity index (χ3n) is 10.9. The van der Waals surface area contributed by atoms with E-state index < -0.39 is 10.1 Å². The fourth-order valence-electron chi connectivity index (χ4n) is 9.11. The maximum Gasteiger partial charge on any atom is 0.297 e. The van der Waals surface area contributed by atoms with Crippen LogP contribution in [0.5, 0.6) is 0 Å². The second-order valence-electron chi connectivity index (χ2n) is 12.5. The Hall–Kier alpha value is -0.950. The van der Waals surface area contributed by atoms with Crippen molar-refractivity contribution in [2.24, 2.45) is 34.5 Å². The Kier molecular flexibility index (Phi) is 5.53. The Morgan fingerprint density at radius 3 is 2.29 bits per heavy atom. The summed E-state index contributed by atoms with van der Waals surface area (Å²) in [5.41, 5.74) is 1.22. The van der Waals surface area contributed by atoms with Crippen LogP contribution >= 0.6 is 0 Å². The maximum atomic E-state index is 13.1. The van der Waals surface area contributed by atoms with E-state index in [0.717, 1.165) is 63.2 Å². The van der Waals surface area contributed by atoms with Crippen molar-refractivity contribution in [3.8, 4) is 0 Å². The minimum atomic E-state index is -3.76. The normalized spacial score (nSPS) is 43.3. The molecule has 0 amide bonds. The Morgan fingerprint density at radius 1 is 0.853 bits per heavy atom. The third kappa shape index (κ3) is 3.54. The van der Waals surface area contributed by atoms with Crippen molar-refractivity contribution < 1.29 is 22.1 Å². The summed E-state index contributed by atoms with van der Waals surface area (Å²) in [6.45, 7) is 8.25. The van der Waals surface area contributed by atoms with Crippen molar-refractivity contribution in [1.82, 2.24) is 0 Å². The van der Waals surface area contributed by atoms with Crippen molar-refractivity contribution in [2.75, 3.05) is 13.2 Å². The van der Waals surface area contributed by atoms with Gasteiger partial charge in [0.15, 0.2) is 5.79 Å². The number of hydrogen-bond acceptors (Lipinski definition) is 5. The molecule has 0 bridgehead atoms. The maximum absolute atomic E-state index is 13.1. The van der Waals surface area contributed by atoms with Gasteiger partial charge in [0.2, 0.25) is 0 Å². The number of benzene rings is 1. The molecule has 1 aromatic rings. The van der Waals surface area contributed by atoms with E-state index in [4.69, 9.17) is 13.7 Å². The van der Waals surface area contributed by atoms with E-state index in [1.165, 1.54) is 19.3 Å². The molecule has 0 radical (unpaired) electrons. The van der Waals surface area contributed by atoms with E-state index >= 15 is 0 Å². The van der Waals surface area contributed by atoms with E-state index in [0.29, 0.717) is 17.8 Å². The van der Waals surface area contributed by atoms with E-state index in [2.05, 4.69) is 13.8 Å². The molecule has 0 N–H and O–H groups in total. The lowest BCUT2D eigenvalue weighted by molar-refractivity contribution is -0.239. The van der Waals surface area contributed by atoms with Gasteiger partial charge in [0.25, 0.3) is 10.1 Å². The molecule has 5 fully saturated rings. The summed E-state index contributed by atoms with van der Waals surface area (Å²) >= 11 is 0. The van der Waals surface area contributed by atoms with Gasteiger partial charge in [-0.3, -0.25) is 4.18 Å². The van der Waals surface area contributed by atoms with Gasteiger partial charge in [-0.15, -0.1) is 0 Å². The van der Waals surface area contributed by atoms with Crippen LogP contribution in [0.4, 0.5) is 0 Å². The number of hydrogen-bond donors (Lipinski definition) is 0. The van der Waals surface area contributed by atoms with Gasteiger partial charge in [-0.2, -0.15) is 8.42 Å². The molecule has 4 aliphatic carbocycles. The first-order chi connectivity index (χ1) is 16.2. The predicted molar refractivity (Wildman–Crippen MR) is 130 cm³/mol. The van der Waals surface area contributed by atoms with Crippen LogP contribution in [0.3, 0.4) is 0 Å². The number of fused-ring (bicyclic) bond motifs is 5. The Bertz CT molecular complexity index is 1030. The first-order valence-electron chi connectivity index (χ1n) is 13.4. The summed E-state index contributed by atoms with van der Waals surface area (Å²) in [4.78, 5) is 0.274. The Balaban J connectivity index is 1.23. The molecule has 5 nitrogen and oxygen atoms in total. The molecule has 1 aliphatic heterocycles. The summed E-state index contributed by atoms with van der Waals surface area (Å²) < 4.78 is 44.7. The summed E-state index contributed by atoms with van der Waals surface area (Å²) in [5, 5.41) is 0. The van der Waals surface area contributed by atoms with Crippen molar-refractivity contribution in [2.45, 2.75) is 95.3 Å². The molecule has 1 heterocycles. The lowest BCUT2D eigenvalue weighted by Gasteiger charge is -2.62. The Morgan fingerprint density at radius 2 is 1.56 bits per heavy atom.